The van der Waals surface area contributed by atoms with Crippen LogP contribution in [-0.4, -0.2) is 21.4 Å². The molecule has 0 fully saturated rings. The monoisotopic (exact) mass is 867 g/mol. The predicted molar refractivity (Wildman–Crippen MR) is 283 cm³/mol. The molecule has 1 aliphatic carbocycles. The minimum Gasteiger partial charge on any atom is -0.456 e. The van der Waals surface area contributed by atoms with Crippen LogP contribution in [0.3, 0.4) is 0 Å². The van der Waals surface area contributed by atoms with Gasteiger partial charge < -0.3 is 18.9 Å². The van der Waals surface area contributed by atoms with Gasteiger partial charge in [-0.15, -0.1) is 0 Å². The van der Waals surface area contributed by atoms with Crippen LogP contribution in [0.5, 0.6) is 0 Å². The van der Waals surface area contributed by atoms with Gasteiger partial charge in [-0.05, 0) is 110 Å². The number of nitrogens with one attached hydrogen (secondary N) is 1. The molecule has 325 valence electrons. The van der Waals surface area contributed by atoms with Gasteiger partial charge in [0.25, 0.3) is 0 Å². The maximum absolute atomic E-state index is 6.56. The van der Waals surface area contributed by atoms with Gasteiger partial charge in [-0.1, -0.05) is 152 Å². The molecule has 0 saturated heterocycles. The Labute approximate surface area is 392 Å². The first kappa shape index (κ1) is 40.0. The summed E-state index contributed by atoms with van der Waals surface area (Å²) in [6.45, 7) is 18.5. The molecule has 8 aromatic carbocycles. The maximum Gasteiger partial charge on any atom is 0.198 e. The number of hydrogen-bond donors (Lipinski definition) is 1. The van der Waals surface area contributed by atoms with Crippen molar-refractivity contribution in [1.29, 1.82) is 0 Å². The first-order valence-corrected chi connectivity index (χ1v) is 23.7. The number of anilines is 2. The van der Waals surface area contributed by atoms with E-state index in [4.69, 9.17) is 9.40 Å². The second-order valence-electron chi connectivity index (χ2n) is 21.7. The van der Waals surface area contributed by atoms with Gasteiger partial charge in [-0.3, -0.25) is 0 Å². The fourth-order valence-electron chi connectivity index (χ4n) is 11.3. The quantitative estimate of drug-likeness (QED) is 0.179. The first-order chi connectivity index (χ1) is 32.1. The lowest BCUT2D eigenvalue weighted by molar-refractivity contribution is 0.589. The van der Waals surface area contributed by atoms with Gasteiger partial charge in [-0.2, -0.15) is 0 Å². The van der Waals surface area contributed by atoms with Crippen LogP contribution in [0.15, 0.2) is 150 Å². The summed E-state index contributed by atoms with van der Waals surface area (Å²) in [7, 11) is 4.56. The third kappa shape index (κ3) is 5.84. The van der Waals surface area contributed by atoms with Crippen molar-refractivity contribution in [3.8, 4) is 39.3 Å². The molecule has 0 unspecified atom stereocenters. The molecule has 6 heteroatoms. The lowest BCUT2D eigenvalue weighted by atomic mass is 9.59. The zero-order chi connectivity index (χ0) is 45.9. The van der Waals surface area contributed by atoms with Crippen LogP contribution in [0.2, 0.25) is 0 Å². The summed E-state index contributed by atoms with van der Waals surface area (Å²) >= 11 is 0. The standard InChI is InChI=1S/C61H52BN4O/c1-59(2,3)35-19-22-37(23-20-35)63-49-31-47-42(41-27-36(60(4,5)6)21-26-46(41)61(47,7)8)28-43(49)39-24-25-40-44-30-55-45(38-17-13-14-18-54(38)67-55)29-51(44)66-52-33-53-50(32-48(52)62-56(39)57(40)66)64-58(65(53)9)34-15-11-10-12-16-34/h10-33,63H,1-9H3. The third-order valence-electron chi connectivity index (χ3n) is 15.1. The van der Waals surface area contributed by atoms with E-state index in [-0.39, 0.29) is 16.2 Å². The molecule has 1 radical (unpaired) electrons. The molecule has 11 aromatic rings. The Morgan fingerprint density at radius 2 is 1.31 bits per heavy atom. The molecule has 0 spiro atoms. The lowest BCUT2D eigenvalue weighted by Gasteiger charge is -2.26. The second-order valence-corrected chi connectivity index (χ2v) is 21.7. The molecule has 3 aromatic heterocycles. The molecule has 5 nitrogen and oxygen atoms in total. The number of benzene rings is 8. The Morgan fingerprint density at radius 1 is 0.582 bits per heavy atom. The number of fused-ring (bicyclic) bond motifs is 12. The zero-order valence-electron chi connectivity index (χ0n) is 39.7. The number of para-hydroxylation sites is 1. The van der Waals surface area contributed by atoms with Crippen LogP contribution in [0.1, 0.15) is 77.6 Å². The molecule has 13 rings (SSSR count). The largest absolute Gasteiger partial charge is 0.456 e. The molecule has 0 saturated carbocycles. The number of furan rings is 1. The van der Waals surface area contributed by atoms with Gasteiger partial charge in [0, 0.05) is 67.7 Å². The molecule has 1 aliphatic heterocycles. The van der Waals surface area contributed by atoms with Crippen LogP contribution in [-0.2, 0) is 23.3 Å². The van der Waals surface area contributed by atoms with Crippen LogP contribution in [0.4, 0.5) is 11.4 Å². The van der Waals surface area contributed by atoms with Gasteiger partial charge in [-0.25, -0.2) is 4.98 Å². The molecule has 0 amide bonds. The van der Waals surface area contributed by atoms with Crippen molar-refractivity contribution in [1.82, 2.24) is 14.1 Å². The summed E-state index contributed by atoms with van der Waals surface area (Å²) in [4.78, 5) is 5.29. The van der Waals surface area contributed by atoms with Crippen LogP contribution in [0, 0.1) is 0 Å². The fourth-order valence-corrected chi connectivity index (χ4v) is 11.3. The Balaban J connectivity index is 1.10. The lowest BCUT2D eigenvalue weighted by Crippen LogP contribution is -2.37. The van der Waals surface area contributed by atoms with Crippen molar-refractivity contribution in [2.45, 2.75) is 71.6 Å². The van der Waals surface area contributed by atoms with E-state index in [1.807, 2.05) is 6.07 Å². The number of aryl methyl sites for hydroxylation is 1. The van der Waals surface area contributed by atoms with Crippen LogP contribution >= 0.6 is 0 Å². The second kappa shape index (κ2) is 13.6. The number of hydrogen-bond acceptors (Lipinski definition) is 3. The zero-order valence-corrected chi connectivity index (χ0v) is 39.7. The van der Waals surface area contributed by atoms with Gasteiger partial charge >= 0.3 is 0 Å². The Kier molecular flexibility index (Phi) is 8.14. The number of imidazole rings is 1. The van der Waals surface area contributed by atoms with E-state index in [9.17, 15) is 0 Å². The molecular formula is C61H52BN4O. The fraction of sp³-hybridized carbons (Fsp3) is 0.197. The normalized spacial score (nSPS) is 14.0. The Bertz CT molecular complexity index is 3910. The minimum atomic E-state index is -0.185. The highest BCUT2D eigenvalue weighted by molar-refractivity contribution is 6.73. The van der Waals surface area contributed by atoms with Crippen molar-refractivity contribution < 1.29 is 4.42 Å². The molecule has 4 heterocycles. The van der Waals surface area contributed by atoms with E-state index in [1.54, 1.807) is 0 Å². The van der Waals surface area contributed by atoms with E-state index >= 15 is 0 Å². The summed E-state index contributed by atoms with van der Waals surface area (Å²) in [6.07, 6.45) is 0. The summed E-state index contributed by atoms with van der Waals surface area (Å²) in [5.41, 5.74) is 23.2. The van der Waals surface area contributed by atoms with Crippen molar-refractivity contribution in [2.24, 2.45) is 7.05 Å². The molecular weight excluding hydrogens is 816 g/mol. The SMILES string of the molecule is Cn1c(-c2ccccc2)nc2cc3c(cc21)-n1c2cc4c(cc2c2ccc(-c5cc6c(cc5Nc5ccc(C(C)(C)C)cc5)C(C)(C)c5ccc(C(C)(C)C)cc5-6)c(c21)[B]3)oc1ccccc14. The van der Waals surface area contributed by atoms with E-state index in [2.05, 4.69) is 224 Å². The van der Waals surface area contributed by atoms with E-state index < -0.39 is 0 Å². The highest BCUT2D eigenvalue weighted by atomic mass is 16.3. The van der Waals surface area contributed by atoms with E-state index in [0.717, 1.165) is 72.4 Å². The van der Waals surface area contributed by atoms with Crippen molar-refractivity contribution in [3.05, 3.63) is 168 Å². The molecule has 0 bridgehead atoms. The molecule has 2 aliphatic rings. The maximum atomic E-state index is 6.56. The topological polar surface area (TPSA) is 47.9 Å². The highest BCUT2D eigenvalue weighted by Crippen LogP contribution is 2.53. The minimum absolute atomic E-state index is 0.0185. The highest BCUT2D eigenvalue weighted by Gasteiger charge is 2.38. The van der Waals surface area contributed by atoms with Crippen LogP contribution < -0.4 is 16.2 Å². The van der Waals surface area contributed by atoms with Gasteiger partial charge in [0.15, 0.2) is 7.28 Å². The molecule has 0 atom stereocenters. The van der Waals surface area contributed by atoms with Crippen molar-refractivity contribution in [3.63, 3.8) is 0 Å². The summed E-state index contributed by atoms with van der Waals surface area (Å²) in [5, 5.41) is 8.60. The Hall–Kier alpha value is -7.31. The van der Waals surface area contributed by atoms with E-state index in [0.29, 0.717) is 0 Å². The van der Waals surface area contributed by atoms with E-state index in [1.165, 1.54) is 66.3 Å². The van der Waals surface area contributed by atoms with Crippen molar-refractivity contribution in [2.75, 3.05) is 5.32 Å². The third-order valence-corrected chi connectivity index (χ3v) is 15.1. The number of rotatable bonds is 4. The van der Waals surface area contributed by atoms with Gasteiger partial charge in [0.05, 0.1) is 16.6 Å². The molecule has 67 heavy (non-hydrogen) atoms. The first-order valence-electron chi connectivity index (χ1n) is 23.7. The van der Waals surface area contributed by atoms with Crippen molar-refractivity contribution >= 4 is 84.4 Å². The average Bonchev–Trinajstić information content (AvgIpc) is 4.01. The van der Waals surface area contributed by atoms with Crippen LogP contribution in [0.25, 0.3) is 94.1 Å². The summed E-state index contributed by atoms with van der Waals surface area (Å²) in [5.74, 6) is 0.951. The Morgan fingerprint density at radius 3 is 2.09 bits per heavy atom. The number of nitrogens with zero attached hydrogens (tertiary/aromatic N) is 3. The smallest absolute Gasteiger partial charge is 0.198 e. The average molecular weight is 868 g/mol. The summed E-state index contributed by atoms with van der Waals surface area (Å²) in [6, 6.07) is 54.0. The number of aromatic nitrogens is 3. The van der Waals surface area contributed by atoms with Gasteiger partial charge in [0.1, 0.15) is 17.0 Å². The summed E-state index contributed by atoms with van der Waals surface area (Å²) < 4.78 is 11.3. The van der Waals surface area contributed by atoms with Gasteiger partial charge in [0.2, 0.25) is 0 Å². The molecule has 1 N–H and O–H groups in total. The predicted octanol–water partition coefficient (Wildman–Crippen LogP) is 14.5.